The second-order valence-corrected chi connectivity index (χ2v) is 4.79. The first kappa shape index (κ1) is 12.8. The Morgan fingerprint density at radius 2 is 2.12 bits per heavy atom. The van der Waals surface area contributed by atoms with Gasteiger partial charge < -0.3 is 10.4 Å². The Bertz CT molecular complexity index is 402. The first-order valence-corrected chi connectivity index (χ1v) is 5.54. The summed E-state index contributed by atoms with van der Waals surface area (Å²) in [5.41, 5.74) is -0.0970. The minimum atomic E-state index is -0.313. The molecule has 0 heterocycles. The molecule has 0 saturated carbocycles. The number of halogens is 1. The Morgan fingerprint density at radius 1 is 1.50 bits per heavy atom. The fourth-order valence-electron chi connectivity index (χ4n) is 1.15. The highest BCUT2D eigenvalue weighted by Crippen LogP contribution is 2.22. The van der Waals surface area contributed by atoms with E-state index in [1.807, 2.05) is 20.8 Å². The van der Waals surface area contributed by atoms with Gasteiger partial charge in [0.1, 0.15) is 5.75 Å². The molecule has 4 heteroatoms. The van der Waals surface area contributed by atoms with Gasteiger partial charge in [0.2, 0.25) is 0 Å². The van der Waals surface area contributed by atoms with Crippen molar-refractivity contribution in [1.82, 2.24) is 5.32 Å². The number of hydrogen-bond donors (Lipinski definition) is 2. The van der Waals surface area contributed by atoms with E-state index in [4.69, 9.17) is 11.6 Å². The summed E-state index contributed by atoms with van der Waals surface area (Å²) in [5, 5.41) is 12.8. The predicted molar refractivity (Wildman–Crippen MR) is 65.0 cm³/mol. The summed E-state index contributed by atoms with van der Waals surface area (Å²) in [5.74, 6) is -0.374. The van der Waals surface area contributed by atoms with Crippen LogP contribution in [0.5, 0.6) is 5.75 Å². The number of rotatable bonds is 3. The Balaban J connectivity index is 2.93. The van der Waals surface area contributed by atoms with Crippen LogP contribution in [0.1, 0.15) is 37.6 Å². The number of aromatic hydroxyl groups is 1. The average molecular weight is 242 g/mol. The monoisotopic (exact) mass is 241 g/mol. The number of phenols is 1. The van der Waals surface area contributed by atoms with E-state index in [2.05, 4.69) is 5.32 Å². The quantitative estimate of drug-likeness (QED) is 0.855. The molecule has 1 aromatic rings. The van der Waals surface area contributed by atoms with Crippen LogP contribution in [-0.2, 0) is 0 Å². The molecule has 0 bridgehead atoms. The SMILES string of the molecule is CCC(C)(C)NC(=O)c1cc(Cl)ccc1O. The van der Waals surface area contributed by atoms with Gasteiger partial charge in [0.05, 0.1) is 5.56 Å². The fourth-order valence-corrected chi connectivity index (χ4v) is 1.33. The van der Waals surface area contributed by atoms with Gasteiger partial charge in [-0.1, -0.05) is 18.5 Å². The smallest absolute Gasteiger partial charge is 0.255 e. The third-order valence-electron chi connectivity index (χ3n) is 2.54. The van der Waals surface area contributed by atoms with E-state index in [1.54, 1.807) is 6.07 Å². The molecule has 0 aliphatic carbocycles. The molecule has 0 atom stereocenters. The molecule has 88 valence electrons. The second-order valence-electron chi connectivity index (χ2n) is 4.35. The maximum absolute atomic E-state index is 11.9. The molecule has 0 aliphatic rings. The minimum absolute atomic E-state index is 0.0613. The molecular formula is C12H16ClNO2. The molecule has 0 saturated heterocycles. The molecule has 1 amide bonds. The van der Waals surface area contributed by atoms with Crippen molar-refractivity contribution in [3.8, 4) is 5.75 Å². The van der Waals surface area contributed by atoms with E-state index in [1.165, 1.54) is 12.1 Å². The maximum atomic E-state index is 11.9. The van der Waals surface area contributed by atoms with Crippen molar-refractivity contribution in [1.29, 1.82) is 0 Å². The Labute approximate surface area is 100 Å². The summed E-state index contributed by atoms with van der Waals surface area (Å²) >= 11 is 5.77. The van der Waals surface area contributed by atoms with Crippen LogP contribution in [0.15, 0.2) is 18.2 Å². The number of benzene rings is 1. The van der Waals surface area contributed by atoms with Gasteiger partial charge in [-0.05, 0) is 38.5 Å². The normalized spacial score (nSPS) is 11.2. The number of amides is 1. The number of carbonyl (C=O) groups is 1. The molecular weight excluding hydrogens is 226 g/mol. The lowest BCUT2D eigenvalue weighted by Gasteiger charge is -2.24. The molecule has 2 N–H and O–H groups in total. The lowest BCUT2D eigenvalue weighted by atomic mass is 10.0. The van der Waals surface area contributed by atoms with Crippen molar-refractivity contribution in [3.05, 3.63) is 28.8 Å². The van der Waals surface area contributed by atoms with Gasteiger partial charge in [0.25, 0.3) is 5.91 Å². The lowest BCUT2D eigenvalue weighted by Crippen LogP contribution is -2.42. The highest BCUT2D eigenvalue weighted by molar-refractivity contribution is 6.31. The maximum Gasteiger partial charge on any atom is 0.255 e. The minimum Gasteiger partial charge on any atom is -0.507 e. The molecule has 1 aromatic carbocycles. The zero-order chi connectivity index (χ0) is 12.3. The van der Waals surface area contributed by atoms with Crippen LogP contribution in [0.3, 0.4) is 0 Å². The highest BCUT2D eigenvalue weighted by atomic mass is 35.5. The van der Waals surface area contributed by atoms with Crippen LogP contribution in [0.25, 0.3) is 0 Å². The molecule has 3 nitrogen and oxygen atoms in total. The van der Waals surface area contributed by atoms with Crippen LogP contribution in [0.2, 0.25) is 5.02 Å². The molecule has 16 heavy (non-hydrogen) atoms. The third kappa shape index (κ3) is 3.14. The summed E-state index contributed by atoms with van der Waals surface area (Å²) in [4.78, 5) is 11.9. The molecule has 0 unspecified atom stereocenters. The molecule has 0 aliphatic heterocycles. The van der Waals surface area contributed by atoms with Gasteiger partial charge >= 0.3 is 0 Å². The first-order chi connectivity index (χ1) is 7.35. The molecule has 0 spiro atoms. The van der Waals surface area contributed by atoms with E-state index in [-0.39, 0.29) is 22.8 Å². The van der Waals surface area contributed by atoms with Crippen molar-refractivity contribution in [3.63, 3.8) is 0 Å². The largest absolute Gasteiger partial charge is 0.507 e. The van der Waals surface area contributed by atoms with Gasteiger partial charge in [-0.2, -0.15) is 0 Å². The Hall–Kier alpha value is -1.22. The topological polar surface area (TPSA) is 49.3 Å². The van der Waals surface area contributed by atoms with E-state index < -0.39 is 0 Å². The number of hydrogen-bond acceptors (Lipinski definition) is 2. The fraction of sp³-hybridized carbons (Fsp3) is 0.417. The van der Waals surface area contributed by atoms with E-state index >= 15 is 0 Å². The highest BCUT2D eigenvalue weighted by Gasteiger charge is 2.20. The van der Waals surface area contributed by atoms with Crippen LogP contribution >= 0.6 is 11.6 Å². The Kier molecular flexibility index (Phi) is 3.81. The number of phenolic OH excluding ortho intramolecular Hbond substituents is 1. The predicted octanol–water partition coefficient (Wildman–Crippen LogP) is 2.96. The van der Waals surface area contributed by atoms with Gasteiger partial charge in [0.15, 0.2) is 0 Å². The van der Waals surface area contributed by atoms with Crippen LogP contribution < -0.4 is 5.32 Å². The first-order valence-electron chi connectivity index (χ1n) is 5.17. The number of nitrogens with one attached hydrogen (secondary N) is 1. The lowest BCUT2D eigenvalue weighted by molar-refractivity contribution is 0.0908. The standard InChI is InChI=1S/C12H16ClNO2/c1-4-12(2,3)14-11(16)9-7-8(13)5-6-10(9)15/h5-7,15H,4H2,1-3H3,(H,14,16). The van der Waals surface area contributed by atoms with E-state index in [0.717, 1.165) is 6.42 Å². The van der Waals surface area contributed by atoms with Crippen LogP contribution in [0.4, 0.5) is 0 Å². The van der Waals surface area contributed by atoms with Gasteiger partial charge in [0, 0.05) is 10.6 Å². The molecule has 0 aromatic heterocycles. The summed E-state index contributed by atoms with van der Waals surface area (Å²) < 4.78 is 0. The summed E-state index contributed by atoms with van der Waals surface area (Å²) in [7, 11) is 0. The molecule has 1 rings (SSSR count). The zero-order valence-electron chi connectivity index (χ0n) is 9.67. The summed E-state index contributed by atoms with van der Waals surface area (Å²) in [6.07, 6.45) is 0.806. The van der Waals surface area contributed by atoms with Crippen molar-refractivity contribution in [2.75, 3.05) is 0 Å². The average Bonchev–Trinajstić information content (AvgIpc) is 2.21. The second kappa shape index (κ2) is 4.74. The molecule has 0 fully saturated rings. The third-order valence-corrected chi connectivity index (χ3v) is 2.77. The van der Waals surface area contributed by atoms with E-state index in [0.29, 0.717) is 5.02 Å². The van der Waals surface area contributed by atoms with Crippen molar-refractivity contribution >= 4 is 17.5 Å². The zero-order valence-corrected chi connectivity index (χ0v) is 10.4. The van der Waals surface area contributed by atoms with Crippen molar-refractivity contribution < 1.29 is 9.90 Å². The Morgan fingerprint density at radius 3 is 2.69 bits per heavy atom. The van der Waals surface area contributed by atoms with Crippen LogP contribution in [-0.4, -0.2) is 16.6 Å². The van der Waals surface area contributed by atoms with Crippen molar-refractivity contribution in [2.45, 2.75) is 32.7 Å². The van der Waals surface area contributed by atoms with Gasteiger partial charge in [-0.3, -0.25) is 4.79 Å². The summed E-state index contributed by atoms with van der Waals surface area (Å²) in [6.45, 7) is 5.83. The van der Waals surface area contributed by atoms with Crippen LogP contribution in [0, 0.1) is 0 Å². The van der Waals surface area contributed by atoms with Gasteiger partial charge in [-0.15, -0.1) is 0 Å². The number of carbonyl (C=O) groups excluding carboxylic acids is 1. The van der Waals surface area contributed by atoms with Gasteiger partial charge in [-0.25, -0.2) is 0 Å². The summed E-state index contributed by atoms with van der Waals surface area (Å²) in [6, 6.07) is 4.41. The van der Waals surface area contributed by atoms with Crippen molar-refractivity contribution in [2.24, 2.45) is 0 Å². The molecule has 0 radical (unpaired) electrons. The van der Waals surface area contributed by atoms with E-state index in [9.17, 15) is 9.90 Å².